The third kappa shape index (κ3) is 2.83. The van der Waals surface area contributed by atoms with Crippen LogP contribution in [0.5, 0.6) is 11.5 Å². The highest BCUT2D eigenvalue weighted by molar-refractivity contribution is 8.27. The number of thiocarbonyl (C=S) groups is 1. The Labute approximate surface area is 163 Å². The number of aromatic nitrogens is 2. The molecule has 0 bridgehead atoms. The minimum absolute atomic E-state index is 0.164. The summed E-state index contributed by atoms with van der Waals surface area (Å²) < 4.78 is 11.2. The van der Waals surface area contributed by atoms with E-state index in [4.69, 9.17) is 21.7 Å². The van der Waals surface area contributed by atoms with Gasteiger partial charge in [-0.15, -0.1) is 0 Å². The van der Waals surface area contributed by atoms with E-state index >= 15 is 0 Å². The van der Waals surface area contributed by atoms with E-state index in [1.165, 1.54) is 16.7 Å². The molecule has 0 atom stereocenters. The first-order chi connectivity index (χ1) is 13.2. The van der Waals surface area contributed by atoms with Crippen LogP contribution in [0, 0.1) is 0 Å². The lowest BCUT2D eigenvalue weighted by Gasteiger charge is -2.14. The summed E-state index contributed by atoms with van der Waals surface area (Å²) in [4.78, 5) is 23.6. The second-order valence-corrected chi connectivity index (χ2v) is 7.53. The summed E-state index contributed by atoms with van der Waals surface area (Å²) in [6.45, 7) is 0.182. The highest BCUT2D eigenvalue weighted by Crippen LogP contribution is 2.40. The van der Waals surface area contributed by atoms with Gasteiger partial charge in [-0.1, -0.05) is 30.0 Å². The zero-order valence-electron chi connectivity index (χ0n) is 13.8. The lowest BCUT2D eigenvalue weighted by Crippen LogP contribution is -2.27. The Morgan fingerprint density at radius 3 is 2.74 bits per heavy atom. The van der Waals surface area contributed by atoms with Gasteiger partial charge in [0.25, 0.3) is 5.91 Å². The van der Waals surface area contributed by atoms with Crippen LogP contribution in [0.2, 0.25) is 0 Å². The first-order valence-electron chi connectivity index (χ1n) is 8.07. The van der Waals surface area contributed by atoms with Crippen LogP contribution in [0.15, 0.2) is 53.7 Å². The molecule has 0 aliphatic carbocycles. The predicted octanol–water partition coefficient (Wildman–Crippen LogP) is 3.76. The molecule has 0 unspecified atom stereocenters. The Kier molecular flexibility index (Phi) is 3.80. The molecule has 27 heavy (non-hydrogen) atoms. The summed E-state index contributed by atoms with van der Waals surface area (Å²) in [6, 6.07) is 11.0. The summed E-state index contributed by atoms with van der Waals surface area (Å²) in [7, 11) is 0. The summed E-state index contributed by atoms with van der Waals surface area (Å²) in [5, 5.41) is 0. The number of hydrogen-bond donors (Lipinski definition) is 0. The van der Waals surface area contributed by atoms with E-state index in [-0.39, 0.29) is 12.7 Å². The fraction of sp³-hybridized carbons (Fsp3) is 0.0526. The van der Waals surface area contributed by atoms with Gasteiger partial charge < -0.3 is 9.47 Å². The van der Waals surface area contributed by atoms with Gasteiger partial charge in [-0.3, -0.25) is 19.7 Å². The van der Waals surface area contributed by atoms with Crippen LogP contribution < -0.4 is 14.4 Å². The first-order valence-corrected chi connectivity index (χ1v) is 9.30. The van der Waals surface area contributed by atoms with E-state index in [1.54, 1.807) is 30.6 Å². The summed E-state index contributed by atoms with van der Waals surface area (Å²) in [6.07, 6.45) is 5.12. The average molecular weight is 393 g/mol. The third-order valence-corrected chi connectivity index (χ3v) is 5.50. The minimum atomic E-state index is -0.164. The number of fused-ring (bicyclic) bond motifs is 2. The minimum Gasteiger partial charge on any atom is -0.454 e. The second kappa shape index (κ2) is 6.33. The van der Waals surface area contributed by atoms with Gasteiger partial charge in [-0.05, 0) is 35.9 Å². The Morgan fingerprint density at radius 2 is 1.85 bits per heavy atom. The largest absolute Gasteiger partial charge is 0.454 e. The van der Waals surface area contributed by atoms with E-state index in [2.05, 4.69) is 9.97 Å². The zero-order chi connectivity index (χ0) is 18.4. The number of thioether (sulfide) groups is 1. The highest BCUT2D eigenvalue weighted by Gasteiger charge is 2.34. The number of rotatable bonds is 2. The van der Waals surface area contributed by atoms with Gasteiger partial charge in [0.15, 0.2) is 15.8 Å². The van der Waals surface area contributed by atoms with Crippen LogP contribution in [0.25, 0.3) is 17.1 Å². The highest BCUT2D eigenvalue weighted by atomic mass is 32.2. The van der Waals surface area contributed by atoms with Crippen LogP contribution in [0.3, 0.4) is 0 Å². The maximum Gasteiger partial charge on any atom is 0.270 e. The predicted molar refractivity (Wildman–Crippen MR) is 108 cm³/mol. The quantitative estimate of drug-likeness (QED) is 0.485. The third-order valence-electron chi connectivity index (χ3n) is 4.20. The molecule has 5 rings (SSSR count). The molecule has 3 heterocycles. The van der Waals surface area contributed by atoms with Gasteiger partial charge in [0.05, 0.1) is 21.6 Å². The smallest absolute Gasteiger partial charge is 0.270 e. The molecule has 0 N–H and O–H groups in total. The monoisotopic (exact) mass is 393 g/mol. The number of anilines is 1. The van der Waals surface area contributed by atoms with Gasteiger partial charge in [0, 0.05) is 18.5 Å². The SMILES string of the molecule is O=C1/C(=C\c2ccc3nccnc3c2)SC(=S)N1c1ccc2c(c1)OCO2. The molecule has 6 nitrogen and oxygen atoms in total. The molecule has 2 aliphatic heterocycles. The molecular formula is C19H11N3O3S2. The van der Waals surface area contributed by atoms with Crippen molar-refractivity contribution in [3.05, 3.63) is 59.3 Å². The molecule has 2 aliphatic rings. The van der Waals surface area contributed by atoms with Gasteiger partial charge >= 0.3 is 0 Å². The molecule has 0 radical (unpaired) electrons. The Morgan fingerprint density at radius 1 is 1.04 bits per heavy atom. The Bertz CT molecular complexity index is 1150. The van der Waals surface area contributed by atoms with E-state index in [0.717, 1.165) is 16.6 Å². The van der Waals surface area contributed by atoms with Crippen molar-refractivity contribution < 1.29 is 14.3 Å². The van der Waals surface area contributed by atoms with Crippen molar-refractivity contribution in [1.82, 2.24) is 9.97 Å². The van der Waals surface area contributed by atoms with Crippen molar-refractivity contribution in [1.29, 1.82) is 0 Å². The van der Waals surface area contributed by atoms with Crippen molar-refractivity contribution >= 4 is 57.0 Å². The van der Waals surface area contributed by atoms with Crippen LogP contribution in [-0.2, 0) is 4.79 Å². The summed E-state index contributed by atoms with van der Waals surface area (Å²) >= 11 is 6.70. The lowest BCUT2D eigenvalue weighted by molar-refractivity contribution is -0.113. The van der Waals surface area contributed by atoms with Crippen molar-refractivity contribution in [2.75, 3.05) is 11.7 Å². The van der Waals surface area contributed by atoms with E-state index < -0.39 is 0 Å². The molecule has 3 aromatic rings. The molecule has 1 fully saturated rings. The standard InChI is InChI=1S/C19H11N3O3S2/c23-18-17(8-11-1-3-13-14(7-11)21-6-5-20-13)27-19(26)22(18)12-2-4-15-16(9-12)25-10-24-15/h1-9H,10H2/b17-8+. The Hall–Kier alpha value is -2.97. The maximum absolute atomic E-state index is 12.9. The van der Waals surface area contributed by atoms with Crippen LogP contribution in [0.4, 0.5) is 5.69 Å². The van der Waals surface area contributed by atoms with E-state index in [1.807, 2.05) is 24.3 Å². The first kappa shape index (κ1) is 16.2. The van der Waals surface area contributed by atoms with Gasteiger partial charge in [0.1, 0.15) is 0 Å². The number of ether oxygens (including phenoxy) is 2. The zero-order valence-corrected chi connectivity index (χ0v) is 15.4. The molecule has 1 amide bonds. The fourth-order valence-corrected chi connectivity index (χ4v) is 4.24. The molecule has 2 aromatic carbocycles. The van der Waals surface area contributed by atoms with Crippen LogP contribution in [-0.4, -0.2) is 27.0 Å². The molecule has 0 saturated carbocycles. The molecular weight excluding hydrogens is 382 g/mol. The van der Waals surface area contributed by atoms with Gasteiger partial charge in [-0.2, -0.15) is 0 Å². The fourth-order valence-electron chi connectivity index (χ4n) is 2.94. The van der Waals surface area contributed by atoms with Crippen molar-refractivity contribution in [2.24, 2.45) is 0 Å². The topological polar surface area (TPSA) is 64.6 Å². The van der Waals surface area contributed by atoms with Crippen molar-refractivity contribution in [3.8, 4) is 11.5 Å². The van der Waals surface area contributed by atoms with Gasteiger partial charge in [-0.25, -0.2) is 0 Å². The summed E-state index contributed by atoms with van der Waals surface area (Å²) in [5.41, 5.74) is 3.11. The Balaban J connectivity index is 1.48. The maximum atomic E-state index is 12.9. The molecule has 132 valence electrons. The number of carbonyl (C=O) groups is 1. The molecule has 0 spiro atoms. The number of carbonyl (C=O) groups excluding carboxylic acids is 1. The summed E-state index contributed by atoms with van der Waals surface area (Å²) in [5.74, 6) is 1.11. The molecule has 1 saturated heterocycles. The number of benzene rings is 2. The second-order valence-electron chi connectivity index (χ2n) is 5.86. The van der Waals surface area contributed by atoms with Crippen LogP contribution >= 0.6 is 24.0 Å². The van der Waals surface area contributed by atoms with E-state index in [9.17, 15) is 4.79 Å². The average Bonchev–Trinajstić information content (AvgIpc) is 3.25. The number of hydrogen-bond acceptors (Lipinski definition) is 7. The normalized spacial score (nSPS) is 17.3. The molecule has 1 aromatic heterocycles. The lowest BCUT2D eigenvalue weighted by atomic mass is 10.1. The van der Waals surface area contributed by atoms with Gasteiger partial charge in [0.2, 0.25) is 6.79 Å². The van der Waals surface area contributed by atoms with Crippen molar-refractivity contribution in [3.63, 3.8) is 0 Å². The molecule has 8 heteroatoms. The van der Waals surface area contributed by atoms with E-state index in [0.29, 0.717) is 26.4 Å². The van der Waals surface area contributed by atoms with Crippen LogP contribution in [0.1, 0.15) is 5.56 Å². The number of nitrogens with zero attached hydrogens (tertiary/aromatic N) is 3. The van der Waals surface area contributed by atoms with Crippen molar-refractivity contribution in [2.45, 2.75) is 0 Å². The number of amides is 1.